The minimum atomic E-state index is -3.54. The van der Waals surface area contributed by atoms with Crippen molar-refractivity contribution in [2.24, 2.45) is 11.7 Å². The first-order chi connectivity index (χ1) is 9.32. The highest BCUT2D eigenvalue weighted by molar-refractivity contribution is 7.89. The maximum atomic E-state index is 12.7. The van der Waals surface area contributed by atoms with Crippen LogP contribution in [0.5, 0.6) is 0 Å². The van der Waals surface area contributed by atoms with Gasteiger partial charge in [-0.25, -0.2) is 8.42 Å². The number of piperidine rings is 1. The molecule has 6 heteroatoms. The van der Waals surface area contributed by atoms with Crippen molar-refractivity contribution in [1.29, 1.82) is 0 Å². The molecule has 0 saturated carbocycles. The van der Waals surface area contributed by atoms with E-state index in [9.17, 15) is 8.42 Å². The molecular weight excluding hydrogens is 296 g/mol. The van der Waals surface area contributed by atoms with Gasteiger partial charge in [-0.2, -0.15) is 4.31 Å². The van der Waals surface area contributed by atoms with Crippen LogP contribution in [0.15, 0.2) is 23.1 Å². The molecule has 1 aliphatic rings. The van der Waals surface area contributed by atoms with Crippen LogP contribution >= 0.6 is 11.6 Å². The second kappa shape index (κ2) is 6.02. The van der Waals surface area contributed by atoms with Crippen molar-refractivity contribution in [2.45, 2.75) is 37.6 Å². The maximum absolute atomic E-state index is 12.7. The van der Waals surface area contributed by atoms with E-state index in [0.717, 1.165) is 18.4 Å². The van der Waals surface area contributed by atoms with Gasteiger partial charge in [0.25, 0.3) is 0 Å². The summed E-state index contributed by atoms with van der Waals surface area (Å²) in [7, 11) is -3.54. The van der Waals surface area contributed by atoms with Crippen LogP contribution in [0, 0.1) is 12.8 Å². The van der Waals surface area contributed by atoms with Gasteiger partial charge >= 0.3 is 0 Å². The quantitative estimate of drug-likeness (QED) is 0.931. The van der Waals surface area contributed by atoms with Crippen LogP contribution in [0.4, 0.5) is 0 Å². The highest BCUT2D eigenvalue weighted by Crippen LogP contribution is 2.29. The van der Waals surface area contributed by atoms with Gasteiger partial charge in [-0.05, 0) is 50.3 Å². The van der Waals surface area contributed by atoms with Gasteiger partial charge in [-0.1, -0.05) is 17.7 Å². The molecule has 4 nitrogen and oxygen atoms in total. The highest BCUT2D eigenvalue weighted by atomic mass is 35.5. The molecule has 0 aromatic heterocycles. The Bertz CT molecular complexity index is 587. The van der Waals surface area contributed by atoms with Crippen LogP contribution in [-0.2, 0) is 10.0 Å². The predicted molar refractivity (Wildman–Crippen MR) is 81.3 cm³/mol. The monoisotopic (exact) mass is 316 g/mol. The Morgan fingerprint density at radius 2 is 2.15 bits per heavy atom. The average molecular weight is 317 g/mol. The number of rotatable bonds is 3. The normalized spacial score (nSPS) is 22.7. The summed E-state index contributed by atoms with van der Waals surface area (Å²) in [6, 6.07) is 5.08. The van der Waals surface area contributed by atoms with Gasteiger partial charge < -0.3 is 5.73 Å². The summed E-state index contributed by atoms with van der Waals surface area (Å²) < 4.78 is 27.0. The molecule has 1 aliphatic heterocycles. The topological polar surface area (TPSA) is 63.4 Å². The molecule has 2 atom stereocenters. The van der Waals surface area contributed by atoms with Crippen molar-refractivity contribution < 1.29 is 8.42 Å². The van der Waals surface area contributed by atoms with Gasteiger partial charge in [0.05, 0.1) is 5.02 Å². The van der Waals surface area contributed by atoms with Gasteiger partial charge in [0.2, 0.25) is 10.0 Å². The fourth-order valence-electron chi connectivity index (χ4n) is 2.57. The van der Waals surface area contributed by atoms with Crippen molar-refractivity contribution in [3.8, 4) is 0 Å². The number of sulfonamides is 1. The molecule has 1 saturated heterocycles. The lowest BCUT2D eigenvalue weighted by Gasteiger charge is -2.34. The van der Waals surface area contributed by atoms with Gasteiger partial charge in [-0.15, -0.1) is 0 Å². The Kier molecular flexibility index (Phi) is 4.74. The van der Waals surface area contributed by atoms with Crippen molar-refractivity contribution >= 4 is 21.6 Å². The largest absolute Gasteiger partial charge is 0.328 e. The minimum absolute atomic E-state index is 0.000909. The van der Waals surface area contributed by atoms with Crippen molar-refractivity contribution in [1.82, 2.24) is 4.31 Å². The summed E-state index contributed by atoms with van der Waals surface area (Å²) in [6.45, 7) is 4.80. The zero-order chi connectivity index (χ0) is 14.9. The number of halogens is 1. The Morgan fingerprint density at radius 3 is 2.80 bits per heavy atom. The van der Waals surface area contributed by atoms with E-state index in [1.165, 1.54) is 4.31 Å². The first kappa shape index (κ1) is 15.8. The summed E-state index contributed by atoms with van der Waals surface area (Å²) in [4.78, 5) is 0.199. The molecular formula is C14H21ClN2O2S. The van der Waals surface area contributed by atoms with Gasteiger partial charge in [0, 0.05) is 19.1 Å². The van der Waals surface area contributed by atoms with E-state index in [0.29, 0.717) is 13.1 Å². The number of nitrogens with zero attached hydrogens (tertiary/aromatic N) is 1. The summed E-state index contributed by atoms with van der Waals surface area (Å²) in [6.07, 6.45) is 1.82. The molecule has 2 rings (SSSR count). The number of nitrogens with two attached hydrogens (primary N) is 1. The van der Waals surface area contributed by atoms with Gasteiger partial charge in [-0.3, -0.25) is 0 Å². The first-order valence-corrected chi connectivity index (χ1v) is 8.66. The molecule has 0 bridgehead atoms. The van der Waals surface area contributed by atoms with Gasteiger partial charge in [0.15, 0.2) is 0 Å². The fraction of sp³-hybridized carbons (Fsp3) is 0.571. The molecule has 1 fully saturated rings. The summed E-state index contributed by atoms with van der Waals surface area (Å²) >= 11 is 6.07. The maximum Gasteiger partial charge on any atom is 0.244 e. The van der Waals surface area contributed by atoms with E-state index in [-0.39, 0.29) is 21.9 Å². The van der Waals surface area contributed by atoms with E-state index in [1.807, 2.05) is 19.9 Å². The number of benzene rings is 1. The second-order valence-corrected chi connectivity index (χ2v) is 7.87. The van der Waals surface area contributed by atoms with Crippen LogP contribution < -0.4 is 5.73 Å². The lowest BCUT2D eigenvalue weighted by atomic mass is 9.93. The molecule has 0 aliphatic carbocycles. The zero-order valence-corrected chi connectivity index (χ0v) is 13.4. The molecule has 2 unspecified atom stereocenters. The number of hydrogen-bond acceptors (Lipinski definition) is 3. The minimum Gasteiger partial charge on any atom is -0.328 e. The Balaban J connectivity index is 2.32. The molecule has 0 radical (unpaired) electrons. The second-order valence-electron chi connectivity index (χ2n) is 5.56. The number of hydrogen-bond donors (Lipinski definition) is 1. The molecule has 0 amide bonds. The smallest absolute Gasteiger partial charge is 0.244 e. The SMILES string of the molecule is Cc1ccc(Cl)c(S(=O)(=O)N2CCCC(C(C)N)C2)c1. The van der Waals surface area contributed by atoms with E-state index < -0.39 is 10.0 Å². The Labute approximate surface area is 126 Å². The molecule has 1 heterocycles. The van der Waals surface area contributed by atoms with Crippen LogP contribution in [0.25, 0.3) is 0 Å². The van der Waals surface area contributed by atoms with Crippen LogP contribution in [-0.4, -0.2) is 31.9 Å². The molecule has 0 spiro atoms. The number of aryl methyl sites for hydroxylation is 1. The van der Waals surface area contributed by atoms with Crippen molar-refractivity contribution in [3.05, 3.63) is 28.8 Å². The van der Waals surface area contributed by atoms with E-state index in [4.69, 9.17) is 17.3 Å². The lowest BCUT2D eigenvalue weighted by Crippen LogP contribution is -2.45. The molecule has 2 N–H and O–H groups in total. The predicted octanol–water partition coefficient (Wildman–Crippen LogP) is 2.40. The fourth-order valence-corrected chi connectivity index (χ4v) is 4.66. The third-order valence-electron chi connectivity index (χ3n) is 3.87. The summed E-state index contributed by atoms with van der Waals surface area (Å²) in [5, 5.41) is 0.276. The van der Waals surface area contributed by atoms with Crippen molar-refractivity contribution in [3.63, 3.8) is 0 Å². The van der Waals surface area contributed by atoms with E-state index in [1.54, 1.807) is 12.1 Å². The van der Waals surface area contributed by atoms with Crippen molar-refractivity contribution in [2.75, 3.05) is 13.1 Å². The lowest BCUT2D eigenvalue weighted by molar-refractivity contribution is 0.243. The summed E-state index contributed by atoms with van der Waals surface area (Å²) in [5.74, 6) is 0.210. The first-order valence-electron chi connectivity index (χ1n) is 6.84. The van der Waals surface area contributed by atoms with E-state index >= 15 is 0 Å². The zero-order valence-electron chi connectivity index (χ0n) is 11.8. The van der Waals surface area contributed by atoms with Gasteiger partial charge in [0.1, 0.15) is 4.90 Å². The summed E-state index contributed by atoms with van der Waals surface area (Å²) in [5.41, 5.74) is 6.80. The van der Waals surface area contributed by atoms with Crippen LogP contribution in [0.2, 0.25) is 5.02 Å². The Morgan fingerprint density at radius 1 is 1.45 bits per heavy atom. The highest BCUT2D eigenvalue weighted by Gasteiger charge is 2.32. The standard InChI is InChI=1S/C14H21ClN2O2S/c1-10-5-6-13(15)14(8-10)20(18,19)17-7-3-4-12(9-17)11(2)16/h5-6,8,11-12H,3-4,7,9,16H2,1-2H3. The average Bonchev–Trinajstić information content (AvgIpc) is 2.41. The van der Waals surface area contributed by atoms with E-state index in [2.05, 4.69) is 0 Å². The Hall–Kier alpha value is -0.620. The third kappa shape index (κ3) is 3.17. The molecule has 1 aromatic rings. The third-order valence-corrected chi connectivity index (χ3v) is 6.22. The molecule has 1 aromatic carbocycles. The molecule has 20 heavy (non-hydrogen) atoms. The molecule has 112 valence electrons. The van der Waals surface area contributed by atoms with Crippen LogP contribution in [0.3, 0.4) is 0 Å². The van der Waals surface area contributed by atoms with Crippen LogP contribution in [0.1, 0.15) is 25.3 Å².